The van der Waals surface area contributed by atoms with E-state index in [1.54, 1.807) is 30.3 Å². The van der Waals surface area contributed by atoms with Crippen LogP contribution >= 0.6 is 0 Å². The minimum absolute atomic E-state index is 0.131. The summed E-state index contributed by atoms with van der Waals surface area (Å²) >= 11 is 0. The topological polar surface area (TPSA) is 55.8 Å². The molecule has 1 aliphatic rings. The Bertz CT molecular complexity index is 1060. The van der Waals surface area contributed by atoms with E-state index in [-0.39, 0.29) is 11.9 Å². The Morgan fingerprint density at radius 1 is 1.00 bits per heavy atom. The van der Waals surface area contributed by atoms with Gasteiger partial charge in [0.05, 0.1) is 6.54 Å². The quantitative estimate of drug-likeness (QED) is 0.409. The van der Waals surface area contributed by atoms with Crippen LogP contribution in [-0.4, -0.2) is 25.0 Å². The molecule has 5 heteroatoms. The summed E-state index contributed by atoms with van der Waals surface area (Å²) in [7, 11) is 0. The molecule has 0 atom stereocenters. The Morgan fingerprint density at radius 2 is 1.80 bits per heavy atom. The molecule has 5 nitrogen and oxygen atoms in total. The fraction of sp³-hybridized carbons (Fsp3) is 0.120. The number of nitrogens with zero attached hydrogens (tertiary/aromatic N) is 1. The second-order valence-electron chi connectivity index (χ2n) is 6.86. The van der Waals surface area contributed by atoms with Gasteiger partial charge in [-0.15, -0.1) is 0 Å². The van der Waals surface area contributed by atoms with E-state index in [1.807, 2.05) is 54.6 Å². The molecule has 0 spiro atoms. The fourth-order valence-electron chi connectivity index (χ4n) is 3.14. The molecule has 3 aromatic rings. The summed E-state index contributed by atoms with van der Waals surface area (Å²) < 4.78 is 10.7. The number of benzene rings is 3. The third-order valence-corrected chi connectivity index (χ3v) is 4.76. The van der Waals surface area contributed by atoms with Crippen molar-refractivity contribution in [2.75, 3.05) is 18.1 Å². The lowest BCUT2D eigenvalue weighted by Gasteiger charge is -2.13. The number of allylic oxidation sites excluding steroid dienone is 1. The van der Waals surface area contributed by atoms with Crippen molar-refractivity contribution in [3.05, 3.63) is 102 Å². The second kappa shape index (κ2) is 9.09. The van der Waals surface area contributed by atoms with Crippen LogP contribution in [0.25, 0.3) is 6.08 Å². The number of ether oxygens (including phenoxy) is 2. The Balaban J connectivity index is 1.37. The third kappa shape index (κ3) is 4.75. The molecule has 1 heterocycles. The highest BCUT2D eigenvalue weighted by molar-refractivity contribution is 6.07. The molecule has 0 unspecified atom stereocenters. The molecule has 0 N–H and O–H groups in total. The van der Waals surface area contributed by atoms with Gasteiger partial charge in [0.2, 0.25) is 0 Å². The average molecular weight is 399 g/mol. The lowest BCUT2D eigenvalue weighted by atomic mass is 10.1. The molecule has 3 aromatic carbocycles. The van der Waals surface area contributed by atoms with Crippen molar-refractivity contribution < 1.29 is 19.1 Å². The molecule has 1 amide bonds. The highest BCUT2D eigenvalue weighted by atomic mass is 16.6. The largest absolute Gasteiger partial charge is 0.489 e. The number of carbonyl (C=O) groups is 2. The van der Waals surface area contributed by atoms with Crippen molar-refractivity contribution in [3.63, 3.8) is 0 Å². The van der Waals surface area contributed by atoms with E-state index in [1.165, 1.54) is 11.0 Å². The minimum Gasteiger partial charge on any atom is -0.489 e. The van der Waals surface area contributed by atoms with Gasteiger partial charge in [-0.25, -0.2) is 4.79 Å². The van der Waals surface area contributed by atoms with E-state index in [9.17, 15) is 9.59 Å². The monoisotopic (exact) mass is 399 g/mol. The Labute approximate surface area is 175 Å². The molecule has 0 aliphatic carbocycles. The number of amides is 1. The Morgan fingerprint density at radius 3 is 2.53 bits per heavy atom. The van der Waals surface area contributed by atoms with Crippen LogP contribution in [0.15, 0.2) is 84.9 Å². The maximum Gasteiger partial charge on any atom is 0.414 e. The number of hydrogen-bond donors (Lipinski definition) is 0. The summed E-state index contributed by atoms with van der Waals surface area (Å²) in [6.45, 7) is 1.36. The van der Waals surface area contributed by atoms with Crippen molar-refractivity contribution in [2.45, 2.75) is 6.61 Å². The maximum absolute atomic E-state index is 12.5. The third-order valence-electron chi connectivity index (χ3n) is 4.76. The van der Waals surface area contributed by atoms with Crippen LogP contribution in [-0.2, 0) is 11.3 Å². The van der Waals surface area contributed by atoms with Gasteiger partial charge in [-0.05, 0) is 41.5 Å². The van der Waals surface area contributed by atoms with Gasteiger partial charge in [0, 0.05) is 11.3 Å². The molecule has 0 bridgehead atoms. The first kappa shape index (κ1) is 19.5. The number of cyclic esters (lactones) is 1. The molecule has 1 aliphatic heterocycles. The van der Waals surface area contributed by atoms with Gasteiger partial charge >= 0.3 is 6.09 Å². The van der Waals surface area contributed by atoms with Gasteiger partial charge in [-0.2, -0.15) is 0 Å². The summed E-state index contributed by atoms with van der Waals surface area (Å²) in [6.07, 6.45) is 2.91. The van der Waals surface area contributed by atoms with Gasteiger partial charge in [0.25, 0.3) is 0 Å². The maximum atomic E-state index is 12.5. The summed E-state index contributed by atoms with van der Waals surface area (Å²) in [4.78, 5) is 25.8. The summed E-state index contributed by atoms with van der Waals surface area (Å²) in [5, 5.41) is 0. The van der Waals surface area contributed by atoms with Crippen LogP contribution in [0.5, 0.6) is 5.75 Å². The van der Waals surface area contributed by atoms with Crippen LogP contribution in [0.3, 0.4) is 0 Å². The first-order valence-corrected chi connectivity index (χ1v) is 9.72. The highest BCUT2D eigenvalue weighted by Gasteiger charge is 2.23. The molecule has 0 radical (unpaired) electrons. The number of ketones is 1. The molecule has 4 rings (SSSR count). The van der Waals surface area contributed by atoms with Crippen molar-refractivity contribution in [3.8, 4) is 5.75 Å². The summed E-state index contributed by atoms with van der Waals surface area (Å²) in [6, 6.07) is 24.5. The zero-order valence-corrected chi connectivity index (χ0v) is 16.4. The van der Waals surface area contributed by atoms with Crippen LogP contribution in [0.2, 0.25) is 0 Å². The molecule has 30 heavy (non-hydrogen) atoms. The van der Waals surface area contributed by atoms with Gasteiger partial charge in [-0.3, -0.25) is 9.69 Å². The molecular weight excluding hydrogens is 378 g/mol. The standard InChI is InChI=1S/C25H21NO4/c27-24(21-7-4-8-22(17-21)26-15-16-29-25(26)28)14-11-19-9-12-23(13-10-19)30-18-20-5-2-1-3-6-20/h1-14,17H,15-16,18H2/b14-11+. The summed E-state index contributed by atoms with van der Waals surface area (Å²) in [5.41, 5.74) is 3.19. The highest BCUT2D eigenvalue weighted by Crippen LogP contribution is 2.21. The predicted molar refractivity (Wildman–Crippen MR) is 116 cm³/mol. The molecule has 1 saturated heterocycles. The number of anilines is 1. The lowest BCUT2D eigenvalue weighted by molar-refractivity contribution is 0.104. The van der Waals surface area contributed by atoms with Gasteiger partial charge in [0.1, 0.15) is 19.0 Å². The Hall–Kier alpha value is -3.86. The zero-order chi connectivity index (χ0) is 20.8. The SMILES string of the molecule is O=C(/C=C/c1ccc(OCc2ccccc2)cc1)c1cccc(N2CCOC2=O)c1. The van der Waals surface area contributed by atoms with Crippen molar-refractivity contribution >= 4 is 23.6 Å². The van der Waals surface area contributed by atoms with Crippen LogP contribution < -0.4 is 9.64 Å². The van der Waals surface area contributed by atoms with Gasteiger partial charge in [-0.1, -0.05) is 60.7 Å². The Kier molecular flexibility index (Phi) is 5.90. The number of rotatable bonds is 7. The molecule has 0 saturated carbocycles. The van der Waals surface area contributed by atoms with Crippen LogP contribution in [0.4, 0.5) is 10.5 Å². The van der Waals surface area contributed by atoms with Gasteiger partial charge < -0.3 is 9.47 Å². The van der Waals surface area contributed by atoms with Crippen LogP contribution in [0, 0.1) is 0 Å². The van der Waals surface area contributed by atoms with E-state index in [0.29, 0.717) is 31.0 Å². The normalized spacial score (nSPS) is 13.5. The fourth-order valence-corrected chi connectivity index (χ4v) is 3.14. The number of carbonyl (C=O) groups excluding carboxylic acids is 2. The molecule has 150 valence electrons. The summed E-state index contributed by atoms with van der Waals surface area (Å²) in [5.74, 6) is 0.640. The van der Waals surface area contributed by atoms with E-state index in [0.717, 1.165) is 16.9 Å². The molecule has 0 aromatic heterocycles. The van der Waals surface area contributed by atoms with E-state index >= 15 is 0 Å². The number of hydrogen-bond acceptors (Lipinski definition) is 4. The van der Waals surface area contributed by atoms with E-state index in [4.69, 9.17) is 9.47 Å². The lowest BCUT2D eigenvalue weighted by Crippen LogP contribution is -2.23. The minimum atomic E-state index is -0.385. The van der Waals surface area contributed by atoms with Gasteiger partial charge in [0.15, 0.2) is 5.78 Å². The molecule has 1 fully saturated rings. The van der Waals surface area contributed by atoms with Crippen molar-refractivity contribution in [1.82, 2.24) is 0 Å². The van der Waals surface area contributed by atoms with E-state index < -0.39 is 0 Å². The molecular formula is C25H21NO4. The van der Waals surface area contributed by atoms with Crippen molar-refractivity contribution in [1.29, 1.82) is 0 Å². The average Bonchev–Trinajstić information content (AvgIpc) is 3.23. The first-order chi connectivity index (χ1) is 14.7. The second-order valence-corrected chi connectivity index (χ2v) is 6.86. The zero-order valence-electron chi connectivity index (χ0n) is 16.4. The smallest absolute Gasteiger partial charge is 0.414 e. The first-order valence-electron chi connectivity index (χ1n) is 9.72. The van der Waals surface area contributed by atoms with Crippen LogP contribution in [0.1, 0.15) is 21.5 Å². The predicted octanol–water partition coefficient (Wildman–Crippen LogP) is 5.12. The van der Waals surface area contributed by atoms with Crippen molar-refractivity contribution in [2.24, 2.45) is 0 Å². The van der Waals surface area contributed by atoms with E-state index in [2.05, 4.69) is 0 Å².